The van der Waals surface area contributed by atoms with Gasteiger partial charge >= 0.3 is 0 Å². The summed E-state index contributed by atoms with van der Waals surface area (Å²) in [6, 6.07) is -0.255. The summed E-state index contributed by atoms with van der Waals surface area (Å²) in [5, 5.41) is 0. The van der Waals surface area contributed by atoms with Crippen molar-refractivity contribution in [3.63, 3.8) is 0 Å². The smallest absolute Gasteiger partial charge is 0.0956 e. The van der Waals surface area contributed by atoms with Crippen molar-refractivity contribution in [2.45, 2.75) is 51.2 Å². The summed E-state index contributed by atoms with van der Waals surface area (Å²) in [4.78, 5) is 0. The highest BCUT2D eigenvalue weighted by Crippen LogP contribution is 2.36. The summed E-state index contributed by atoms with van der Waals surface area (Å²) in [6.45, 7) is 4.98. The molecule has 0 aromatic carbocycles. The number of hydrogen-bond donors (Lipinski definition) is 1. The van der Waals surface area contributed by atoms with Gasteiger partial charge in [-0.05, 0) is 38.5 Å². The predicted octanol–water partition coefficient (Wildman–Crippen LogP) is 1.93. The Morgan fingerprint density at radius 3 is 2.57 bits per heavy atom. The van der Waals surface area contributed by atoms with Crippen molar-refractivity contribution in [1.29, 1.82) is 0 Å². The maximum absolute atomic E-state index is 5.95. The first-order chi connectivity index (χ1) is 6.64. The van der Waals surface area contributed by atoms with Crippen LogP contribution in [0.2, 0.25) is 0 Å². The quantitative estimate of drug-likeness (QED) is 0.698. The minimum atomic E-state index is -0.255. The first-order valence-corrected chi connectivity index (χ1v) is 5.50. The molecule has 0 amide bonds. The summed E-state index contributed by atoms with van der Waals surface area (Å²) >= 11 is 0. The average Bonchev–Trinajstić information content (AvgIpc) is 2.21. The Morgan fingerprint density at radius 2 is 2.14 bits per heavy atom. The molecule has 0 heterocycles. The second-order valence-electron chi connectivity index (χ2n) is 4.32. The highest BCUT2D eigenvalue weighted by molar-refractivity contribution is 5.10. The summed E-state index contributed by atoms with van der Waals surface area (Å²) in [5.41, 5.74) is 5.71. The fraction of sp³-hybridized carbons (Fsp3) is 0.833. The Hall–Kier alpha value is -0.520. The van der Waals surface area contributed by atoms with Crippen LogP contribution in [0.25, 0.3) is 0 Å². The molecule has 1 atom stereocenters. The molecule has 1 rings (SSSR count). The van der Waals surface area contributed by atoms with Crippen LogP contribution in [0.15, 0.2) is 0 Å². The van der Waals surface area contributed by atoms with E-state index in [-0.39, 0.29) is 11.6 Å². The molecule has 0 spiro atoms. The van der Waals surface area contributed by atoms with Crippen LogP contribution in [-0.4, -0.2) is 18.2 Å². The summed E-state index contributed by atoms with van der Waals surface area (Å²) in [7, 11) is 0. The molecule has 0 bridgehead atoms. The molecule has 1 aliphatic rings. The third-order valence-corrected chi connectivity index (χ3v) is 3.30. The molecule has 1 saturated carbocycles. The standard InChI is InChI=1S/C12H21NO/c1-4-11(13)12(14-5-2)8-6-10(3)7-9-12/h1,10-11H,5-9,13H2,2-3H3. The Kier molecular flexibility index (Phi) is 3.97. The molecule has 14 heavy (non-hydrogen) atoms. The maximum atomic E-state index is 5.95. The zero-order valence-electron chi connectivity index (χ0n) is 9.25. The van der Waals surface area contributed by atoms with Gasteiger partial charge in [-0.3, -0.25) is 0 Å². The van der Waals surface area contributed by atoms with E-state index in [1.807, 2.05) is 6.92 Å². The highest BCUT2D eigenvalue weighted by atomic mass is 16.5. The number of hydrogen-bond acceptors (Lipinski definition) is 2. The van der Waals surface area contributed by atoms with Crippen LogP contribution in [0.3, 0.4) is 0 Å². The highest BCUT2D eigenvalue weighted by Gasteiger charge is 2.39. The third kappa shape index (κ3) is 2.29. The molecule has 0 aromatic rings. The van der Waals surface area contributed by atoms with Crippen LogP contribution in [0.5, 0.6) is 0 Å². The first kappa shape index (κ1) is 11.6. The van der Waals surface area contributed by atoms with Gasteiger partial charge in [-0.1, -0.05) is 12.8 Å². The monoisotopic (exact) mass is 195 g/mol. The normalized spacial score (nSPS) is 34.9. The lowest BCUT2D eigenvalue weighted by Crippen LogP contribution is -2.51. The molecule has 0 aliphatic heterocycles. The predicted molar refractivity (Wildman–Crippen MR) is 58.8 cm³/mol. The second kappa shape index (κ2) is 4.82. The van der Waals surface area contributed by atoms with E-state index in [2.05, 4.69) is 12.8 Å². The molecule has 2 heteroatoms. The van der Waals surface area contributed by atoms with Gasteiger partial charge in [0, 0.05) is 6.61 Å². The molecule has 1 aliphatic carbocycles. The van der Waals surface area contributed by atoms with E-state index < -0.39 is 0 Å². The summed E-state index contributed by atoms with van der Waals surface area (Å²) in [6.07, 6.45) is 9.76. The van der Waals surface area contributed by atoms with Crippen LogP contribution < -0.4 is 5.73 Å². The third-order valence-electron chi connectivity index (χ3n) is 3.30. The van der Waals surface area contributed by atoms with Crippen molar-refractivity contribution in [3.8, 4) is 12.3 Å². The molecule has 2 N–H and O–H groups in total. The van der Waals surface area contributed by atoms with E-state index in [9.17, 15) is 0 Å². The molecule has 0 radical (unpaired) electrons. The maximum Gasteiger partial charge on any atom is 0.0956 e. The minimum absolute atomic E-state index is 0.240. The van der Waals surface area contributed by atoms with Crippen LogP contribution in [0.1, 0.15) is 39.5 Å². The van der Waals surface area contributed by atoms with E-state index in [0.717, 1.165) is 18.8 Å². The van der Waals surface area contributed by atoms with Crippen molar-refractivity contribution in [1.82, 2.24) is 0 Å². The lowest BCUT2D eigenvalue weighted by molar-refractivity contribution is -0.0776. The number of nitrogens with two attached hydrogens (primary N) is 1. The van der Waals surface area contributed by atoms with Gasteiger partial charge in [0.1, 0.15) is 0 Å². The van der Waals surface area contributed by atoms with Crippen LogP contribution >= 0.6 is 0 Å². The lowest BCUT2D eigenvalue weighted by Gasteiger charge is -2.41. The first-order valence-electron chi connectivity index (χ1n) is 5.50. The molecular weight excluding hydrogens is 174 g/mol. The number of terminal acetylenes is 1. The summed E-state index contributed by atoms with van der Waals surface area (Å²) < 4.78 is 5.80. The van der Waals surface area contributed by atoms with Gasteiger partial charge in [-0.15, -0.1) is 6.42 Å². The van der Waals surface area contributed by atoms with Gasteiger partial charge < -0.3 is 10.5 Å². The Balaban J connectivity index is 2.68. The topological polar surface area (TPSA) is 35.2 Å². The number of ether oxygens (including phenoxy) is 1. The largest absolute Gasteiger partial charge is 0.373 e. The van der Waals surface area contributed by atoms with Crippen molar-refractivity contribution in [2.24, 2.45) is 11.7 Å². The Morgan fingerprint density at radius 1 is 1.57 bits per heavy atom. The fourth-order valence-corrected chi connectivity index (χ4v) is 2.24. The van der Waals surface area contributed by atoms with Gasteiger partial charge in [0.15, 0.2) is 0 Å². The summed E-state index contributed by atoms with van der Waals surface area (Å²) in [5.74, 6) is 3.41. The second-order valence-corrected chi connectivity index (χ2v) is 4.32. The van der Waals surface area contributed by atoms with Gasteiger partial charge in [-0.2, -0.15) is 0 Å². The SMILES string of the molecule is C#CC(N)C1(OCC)CCC(C)CC1. The Bertz CT molecular complexity index is 211. The molecule has 80 valence electrons. The van der Waals surface area contributed by atoms with Crippen LogP contribution in [0.4, 0.5) is 0 Å². The van der Waals surface area contributed by atoms with Gasteiger partial charge in [0.25, 0.3) is 0 Å². The van der Waals surface area contributed by atoms with Crippen molar-refractivity contribution in [3.05, 3.63) is 0 Å². The van der Waals surface area contributed by atoms with Gasteiger partial charge in [0.2, 0.25) is 0 Å². The molecular formula is C12H21NO. The molecule has 1 fully saturated rings. The van der Waals surface area contributed by atoms with Crippen molar-refractivity contribution in [2.75, 3.05) is 6.61 Å². The van der Waals surface area contributed by atoms with Gasteiger partial charge in [0.05, 0.1) is 11.6 Å². The molecule has 0 saturated heterocycles. The zero-order valence-corrected chi connectivity index (χ0v) is 9.25. The number of rotatable bonds is 3. The Labute approximate surface area is 87.2 Å². The van der Waals surface area contributed by atoms with Crippen LogP contribution in [-0.2, 0) is 4.74 Å². The lowest BCUT2D eigenvalue weighted by atomic mass is 9.75. The van der Waals surface area contributed by atoms with E-state index in [1.165, 1.54) is 12.8 Å². The molecule has 2 nitrogen and oxygen atoms in total. The van der Waals surface area contributed by atoms with E-state index >= 15 is 0 Å². The van der Waals surface area contributed by atoms with E-state index in [1.54, 1.807) is 0 Å². The van der Waals surface area contributed by atoms with Crippen LogP contribution in [0, 0.1) is 18.3 Å². The fourth-order valence-electron chi connectivity index (χ4n) is 2.24. The average molecular weight is 195 g/mol. The van der Waals surface area contributed by atoms with E-state index in [0.29, 0.717) is 6.61 Å². The van der Waals surface area contributed by atoms with Crippen molar-refractivity contribution < 1.29 is 4.74 Å². The van der Waals surface area contributed by atoms with Crippen molar-refractivity contribution >= 4 is 0 Å². The van der Waals surface area contributed by atoms with Gasteiger partial charge in [-0.25, -0.2) is 0 Å². The molecule has 0 aromatic heterocycles. The zero-order chi connectivity index (χ0) is 10.6. The molecule has 1 unspecified atom stereocenters. The minimum Gasteiger partial charge on any atom is -0.373 e. The van der Waals surface area contributed by atoms with E-state index in [4.69, 9.17) is 16.9 Å².